The van der Waals surface area contributed by atoms with Crippen molar-refractivity contribution in [1.29, 1.82) is 0 Å². The summed E-state index contributed by atoms with van der Waals surface area (Å²) >= 11 is 0. The molecule has 1 fully saturated rings. The minimum atomic E-state index is -1.33. The van der Waals surface area contributed by atoms with Crippen LogP contribution < -0.4 is 11.1 Å². The molecule has 1 aliphatic heterocycles. The molecule has 5 heteroatoms. The van der Waals surface area contributed by atoms with E-state index in [0.717, 1.165) is 12.8 Å². The number of ether oxygens (including phenoxy) is 1. The number of esters is 1. The van der Waals surface area contributed by atoms with Gasteiger partial charge >= 0.3 is 5.97 Å². The zero-order valence-electron chi connectivity index (χ0n) is 13.4. The highest BCUT2D eigenvalue weighted by atomic mass is 16.6. The third kappa shape index (κ3) is 3.30. The van der Waals surface area contributed by atoms with Gasteiger partial charge in [0.25, 0.3) is 0 Å². The number of ketones is 1. The molecule has 2 rings (SSSR count). The summed E-state index contributed by atoms with van der Waals surface area (Å²) in [6, 6.07) is 6.83. The number of rotatable bonds is 3. The van der Waals surface area contributed by atoms with Crippen LogP contribution in [0.3, 0.4) is 0 Å². The lowest BCUT2D eigenvalue weighted by Gasteiger charge is -2.37. The number of anilines is 1. The lowest BCUT2D eigenvalue weighted by molar-refractivity contribution is -0.161. The van der Waals surface area contributed by atoms with Crippen molar-refractivity contribution >= 4 is 17.4 Å². The number of nitrogens with one attached hydrogen (secondary N) is 1. The van der Waals surface area contributed by atoms with Gasteiger partial charge in [0.05, 0.1) is 0 Å². The first kappa shape index (κ1) is 16.5. The van der Waals surface area contributed by atoms with Crippen LogP contribution in [0.15, 0.2) is 24.3 Å². The van der Waals surface area contributed by atoms with Gasteiger partial charge < -0.3 is 10.5 Å². The van der Waals surface area contributed by atoms with Gasteiger partial charge in [-0.1, -0.05) is 12.1 Å². The molecular weight excluding hydrogens is 280 g/mol. The number of nitrogens with two attached hydrogens (primary N) is 1. The molecule has 1 unspecified atom stereocenters. The Labute approximate surface area is 131 Å². The van der Waals surface area contributed by atoms with Crippen LogP contribution in [0.25, 0.3) is 0 Å². The number of carbonyl (C=O) groups excluding carboxylic acids is 2. The summed E-state index contributed by atoms with van der Waals surface area (Å²) in [7, 11) is 0. The maximum Gasteiger partial charge on any atom is 0.335 e. The largest absolute Gasteiger partial charge is 0.458 e. The highest BCUT2D eigenvalue weighted by Crippen LogP contribution is 2.29. The number of carbonyl (C=O) groups is 2. The minimum absolute atomic E-state index is 0.306. The molecule has 3 N–H and O–H groups in total. The molecule has 22 heavy (non-hydrogen) atoms. The van der Waals surface area contributed by atoms with E-state index in [1.807, 2.05) is 0 Å². The molecule has 1 aromatic rings. The fraction of sp³-hybridized carbons (Fsp3) is 0.529. The van der Waals surface area contributed by atoms with E-state index in [1.54, 1.807) is 45.0 Å². The third-order valence-electron chi connectivity index (χ3n) is 3.75. The molecule has 1 heterocycles. The molecule has 0 aliphatic carbocycles. The van der Waals surface area contributed by atoms with Gasteiger partial charge in [-0.15, -0.1) is 0 Å². The molecule has 0 radical (unpaired) electrons. The van der Waals surface area contributed by atoms with Crippen LogP contribution >= 0.6 is 0 Å². The smallest absolute Gasteiger partial charge is 0.335 e. The van der Waals surface area contributed by atoms with Crippen molar-refractivity contribution in [1.82, 2.24) is 5.32 Å². The molecule has 1 aromatic carbocycles. The molecule has 1 aliphatic rings. The lowest BCUT2D eigenvalue weighted by atomic mass is 9.81. The molecule has 1 saturated heterocycles. The average Bonchev–Trinajstić information content (AvgIpc) is 2.46. The summed E-state index contributed by atoms with van der Waals surface area (Å²) in [5.41, 5.74) is 4.68. The fourth-order valence-corrected chi connectivity index (χ4v) is 2.66. The predicted octanol–water partition coefficient (Wildman–Crippen LogP) is 2.31. The normalized spacial score (nSPS) is 22.1. The van der Waals surface area contributed by atoms with Crippen LogP contribution in [-0.2, 0) is 9.53 Å². The molecule has 5 nitrogen and oxygen atoms in total. The van der Waals surface area contributed by atoms with Gasteiger partial charge in [-0.2, -0.15) is 0 Å². The number of piperidine rings is 1. The van der Waals surface area contributed by atoms with E-state index in [1.165, 1.54) is 0 Å². The summed E-state index contributed by atoms with van der Waals surface area (Å²) in [6.45, 7) is 5.99. The minimum Gasteiger partial charge on any atom is -0.458 e. The topological polar surface area (TPSA) is 81.4 Å². The average molecular weight is 304 g/mol. The molecular formula is C17H24N2O3. The van der Waals surface area contributed by atoms with Crippen molar-refractivity contribution in [2.24, 2.45) is 0 Å². The van der Waals surface area contributed by atoms with Gasteiger partial charge in [-0.25, -0.2) is 4.79 Å². The second kappa shape index (κ2) is 6.08. The standard InChI is InChI=1S/C17H24N2O3/c1-16(2,3)22-15(21)17(10-6-7-11-19-17)14(20)12-8-4-5-9-13(12)18/h4-5,8-9,19H,6-7,10-11,18H2,1-3H3. The maximum atomic E-state index is 13.0. The summed E-state index contributed by atoms with van der Waals surface area (Å²) in [5.74, 6) is -0.826. The van der Waals surface area contributed by atoms with Crippen molar-refractivity contribution in [3.05, 3.63) is 29.8 Å². The Morgan fingerprint density at radius 3 is 2.45 bits per heavy atom. The van der Waals surface area contributed by atoms with Gasteiger partial charge in [0.1, 0.15) is 5.60 Å². The highest BCUT2D eigenvalue weighted by Gasteiger charge is 2.49. The van der Waals surface area contributed by atoms with Crippen LogP contribution in [0.1, 0.15) is 50.4 Å². The fourth-order valence-electron chi connectivity index (χ4n) is 2.66. The molecule has 0 amide bonds. The monoisotopic (exact) mass is 304 g/mol. The summed E-state index contributed by atoms with van der Waals surface area (Å²) in [5, 5.41) is 3.10. The van der Waals surface area contributed by atoms with Gasteiger partial charge in [-0.05, 0) is 58.7 Å². The van der Waals surface area contributed by atoms with E-state index >= 15 is 0 Å². The van der Waals surface area contributed by atoms with Gasteiger partial charge in [0.2, 0.25) is 0 Å². The van der Waals surface area contributed by atoms with Crippen molar-refractivity contribution in [2.45, 2.75) is 51.2 Å². The second-order valence-corrected chi connectivity index (χ2v) is 6.71. The number of para-hydroxylation sites is 1. The molecule has 0 aromatic heterocycles. The van der Waals surface area contributed by atoms with Crippen LogP contribution in [0.5, 0.6) is 0 Å². The first-order valence-electron chi connectivity index (χ1n) is 7.64. The Bertz CT molecular complexity index is 570. The number of hydrogen-bond acceptors (Lipinski definition) is 5. The SMILES string of the molecule is CC(C)(C)OC(=O)C1(C(=O)c2ccccc2N)CCCCN1. The lowest BCUT2D eigenvalue weighted by Crippen LogP contribution is -2.62. The zero-order valence-corrected chi connectivity index (χ0v) is 13.4. The second-order valence-electron chi connectivity index (χ2n) is 6.71. The molecule has 1 atom stereocenters. The number of hydrogen-bond donors (Lipinski definition) is 2. The number of nitrogen functional groups attached to an aromatic ring is 1. The van der Waals surface area contributed by atoms with Crippen LogP contribution in [0.4, 0.5) is 5.69 Å². The third-order valence-corrected chi connectivity index (χ3v) is 3.75. The van der Waals surface area contributed by atoms with E-state index in [-0.39, 0.29) is 5.78 Å². The van der Waals surface area contributed by atoms with Crippen LogP contribution in [-0.4, -0.2) is 29.4 Å². The van der Waals surface area contributed by atoms with E-state index in [0.29, 0.717) is 24.2 Å². The first-order chi connectivity index (χ1) is 10.3. The molecule has 120 valence electrons. The number of benzene rings is 1. The van der Waals surface area contributed by atoms with Gasteiger partial charge in [0, 0.05) is 11.3 Å². The molecule has 0 bridgehead atoms. The number of Topliss-reactive ketones (excluding diaryl/α,β-unsaturated/α-hetero) is 1. The Balaban J connectivity index is 2.39. The van der Waals surface area contributed by atoms with Crippen molar-refractivity contribution in [3.8, 4) is 0 Å². The zero-order chi connectivity index (χ0) is 16.4. The quantitative estimate of drug-likeness (QED) is 0.387. The summed E-state index contributed by atoms with van der Waals surface area (Å²) in [6.07, 6.45) is 2.15. The molecule has 0 spiro atoms. The van der Waals surface area contributed by atoms with E-state index in [4.69, 9.17) is 10.5 Å². The van der Waals surface area contributed by atoms with E-state index in [9.17, 15) is 9.59 Å². The summed E-state index contributed by atoms with van der Waals surface area (Å²) in [4.78, 5) is 25.7. The van der Waals surface area contributed by atoms with Crippen LogP contribution in [0.2, 0.25) is 0 Å². The van der Waals surface area contributed by atoms with E-state index < -0.39 is 17.1 Å². The Morgan fingerprint density at radius 1 is 1.23 bits per heavy atom. The predicted molar refractivity (Wildman–Crippen MR) is 85.6 cm³/mol. The van der Waals surface area contributed by atoms with Crippen molar-refractivity contribution < 1.29 is 14.3 Å². The van der Waals surface area contributed by atoms with Gasteiger partial charge in [0.15, 0.2) is 11.3 Å². The van der Waals surface area contributed by atoms with Crippen LogP contribution in [0, 0.1) is 0 Å². The Kier molecular flexibility index (Phi) is 4.56. The summed E-state index contributed by atoms with van der Waals surface area (Å²) < 4.78 is 5.50. The first-order valence-corrected chi connectivity index (χ1v) is 7.64. The molecule has 0 saturated carbocycles. The highest BCUT2D eigenvalue weighted by molar-refractivity contribution is 6.18. The van der Waals surface area contributed by atoms with Gasteiger partial charge in [-0.3, -0.25) is 10.1 Å². The maximum absolute atomic E-state index is 13.0. The Morgan fingerprint density at radius 2 is 1.91 bits per heavy atom. The van der Waals surface area contributed by atoms with Crippen molar-refractivity contribution in [3.63, 3.8) is 0 Å². The Hall–Kier alpha value is -1.88. The van der Waals surface area contributed by atoms with E-state index in [2.05, 4.69) is 5.32 Å². The van der Waals surface area contributed by atoms with Crippen molar-refractivity contribution in [2.75, 3.05) is 12.3 Å².